The van der Waals surface area contributed by atoms with Crippen LogP contribution < -0.4 is 5.73 Å². The lowest BCUT2D eigenvalue weighted by molar-refractivity contribution is 0.257. The molecule has 0 aliphatic heterocycles. The molecule has 2 N–H and O–H groups in total. The summed E-state index contributed by atoms with van der Waals surface area (Å²) in [5.41, 5.74) is 9.35. The van der Waals surface area contributed by atoms with Gasteiger partial charge in [-0.2, -0.15) is 0 Å². The van der Waals surface area contributed by atoms with Gasteiger partial charge in [0.05, 0.1) is 0 Å². The molecule has 3 heteroatoms. The molecule has 0 unspecified atom stereocenters. The van der Waals surface area contributed by atoms with Crippen LogP contribution in [-0.2, 0) is 13.1 Å². The first-order valence-electron chi connectivity index (χ1n) is 7.00. The number of nitrogen functional groups attached to an aromatic ring is 1. The van der Waals surface area contributed by atoms with E-state index in [2.05, 4.69) is 64.2 Å². The van der Waals surface area contributed by atoms with Gasteiger partial charge < -0.3 is 5.73 Å². The molecule has 0 amide bonds. The zero-order chi connectivity index (χ0) is 14.4. The molecule has 0 spiro atoms. The molecule has 0 aliphatic rings. The molecule has 0 saturated heterocycles. The number of benzene rings is 2. The van der Waals surface area contributed by atoms with Gasteiger partial charge in [-0.1, -0.05) is 49.4 Å². The molecule has 0 saturated carbocycles. The van der Waals surface area contributed by atoms with E-state index in [0.717, 1.165) is 36.2 Å². The predicted octanol–water partition coefficient (Wildman–Crippen LogP) is 4.44. The van der Waals surface area contributed by atoms with E-state index in [-0.39, 0.29) is 0 Å². The number of hydrogen-bond donors (Lipinski definition) is 1. The third-order valence-electron chi connectivity index (χ3n) is 3.29. The van der Waals surface area contributed by atoms with Crippen molar-refractivity contribution in [2.75, 3.05) is 12.3 Å². The summed E-state index contributed by atoms with van der Waals surface area (Å²) in [5.74, 6) is 0. The van der Waals surface area contributed by atoms with E-state index < -0.39 is 0 Å². The monoisotopic (exact) mass is 332 g/mol. The fourth-order valence-corrected chi connectivity index (χ4v) is 2.72. The second-order valence-electron chi connectivity index (χ2n) is 5.02. The number of halogens is 1. The summed E-state index contributed by atoms with van der Waals surface area (Å²) in [5, 5.41) is 0. The zero-order valence-corrected chi connectivity index (χ0v) is 13.4. The normalized spacial score (nSPS) is 10.9. The van der Waals surface area contributed by atoms with E-state index in [0.29, 0.717) is 0 Å². The summed E-state index contributed by atoms with van der Waals surface area (Å²) in [6.07, 6.45) is 1.15. The average Bonchev–Trinajstić information content (AvgIpc) is 2.45. The van der Waals surface area contributed by atoms with Crippen molar-refractivity contribution in [1.82, 2.24) is 4.90 Å². The van der Waals surface area contributed by atoms with Crippen LogP contribution in [0, 0.1) is 0 Å². The first-order chi connectivity index (χ1) is 9.70. The minimum atomic E-state index is 0.804. The lowest BCUT2D eigenvalue weighted by atomic mass is 10.1. The van der Waals surface area contributed by atoms with Crippen LogP contribution in [0.1, 0.15) is 24.5 Å². The van der Waals surface area contributed by atoms with Crippen molar-refractivity contribution in [3.05, 3.63) is 64.1 Å². The highest BCUT2D eigenvalue weighted by atomic mass is 79.9. The molecular weight excluding hydrogens is 312 g/mol. The molecule has 0 aromatic heterocycles. The number of rotatable bonds is 6. The maximum Gasteiger partial charge on any atom is 0.0461 e. The lowest BCUT2D eigenvalue weighted by Gasteiger charge is -2.23. The molecule has 106 valence electrons. The Hall–Kier alpha value is -1.32. The van der Waals surface area contributed by atoms with Gasteiger partial charge in [0.25, 0.3) is 0 Å². The number of hydrogen-bond acceptors (Lipinski definition) is 2. The standard InChI is InChI=1S/C17H21BrN2/c1-2-11-20(12-14-7-4-3-5-8-14)13-15-9-6-10-16(19)17(15)18/h3-10H,2,11-13,19H2,1H3. The average molecular weight is 333 g/mol. The summed E-state index contributed by atoms with van der Waals surface area (Å²) in [6.45, 7) is 5.17. The SMILES string of the molecule is CCCN(Cc1ccccc1)Cc1cccc(N)c1Br. The molecule has 2 nitrogen and oxygen atoms in total. The van der Waals surface area contributed by atoms with Crippen LogP contribution in [-0.4, -0.2) is 11.4 Å². The summed E-state index contributed by atoms with van der Waals surface area (Å²) >= 11 is 3.59. The van der Waals surface area contributed by atoms with E-state index in [9.17, 15) is 0 Å². The Morgan fingerprint density at radius 1 is 1.00 bits per heavy atom. The molecular formula is C17H21BrN2. The fourth-order valence-electron chi connectivity index (χ4n) is 2.33. The number of nitrogens with zero attached hydrogens (tertiary/aromatic N) is 1. The van der Waals surface area contributed by atoms with Gasteiger partial charge in [0.15, 0.2) is 0 Å². The maximum atomic E-state index is 5.96. The Labute approximate surface area is 129 Å². The molecule has 2 aromatic rings. The van der Waals surface area contributed by atoms with Crippen LogP contribution in [0.2, 0.25) is 0 Å². The highest BCUT2D eigenvalue weighted by Gasteiger charge is 2.09. The second-order valence-corrected chi connectivity index (χ2v) is 5.81. The Bertz CT molecular complexity index is 540. The van der Waals surface area contributed by atoms with E-state index in [1.165, 1.54) is 11.1 Å². The van der Waals surface area contributed by atoms with Crippen molar-refractivity contribution in [3.63, 3.8) is 0 Å². The van der Waals surface area contributed by atoms with Gasteiger partial charge in [-0.25, -0.2) is 0 Å². The lowest BCUT2D eigenvalue weighted by Crippen LogP contribution is -2.23. The van der Waals surface area contributed by atoms with Crippen LogP contribution in [0.4, 0.5) is 5.69 Å². The molecule has 0 aliphatic carbocycles. The first-order valence-corrected chi connectivity index (χ1v) is 7.79. The summed E-state index contributed by atoms with van der Waals surface area (Å²) < 4.78 is 1.02. The van der Waals surface area contributed by atoms with Gasteiger partial charge in [0.1, 0.15) is 0 Å². The number of nitrogens with two attached hydrogens (primary N) is 1. The van der Waals surface area contributed by atoms with E-state index in [4.69, 9.17) is 5.73 Å². The highest BCUT2D eigenvalue weighted by Crippen LogP contribution is 2.25. The molecule has 0 fully saturated rings. The van der Waals surface area contributed by atoms with Crippen molar-refractivity contribution < 1.29 is 0 Å². The molecule has 2 aromatic carbocycles. The molecule has 0 radical (unpaired) electrons. The van der Waals surface area contributed by atoms with Crippen LogP contribution in [0.5, 0.6) is 0 Å². The third-order valence-corrected chi connectivity index (χ3v) is 4.26. The first kappa shape index (κ1) is 15.1. The fraction of sp³-hybridized carbons (Fsp3) is 0.294. The quantitative estimate of drug-likeness (QED) is 0.792. The largest absolute Gasteiger partial charge is 0.398 e. The predicted molar refractivity (Wildman–Crippen MR) is 89.4 cm³/mol. The topological polar surface area (TPSA) is 29.3 Å². The minimum Gasteiger partial charge on any atom is -0.398 e. The van der Waals surface area contributed by atoms with Gasteiger partial charge in [-0.3, -0.25) is 4.90 Å². The van der Waals surface area contributed by atoms with Crippen LogP contribution in [0.15, 0.2) is 53.0 Å². The minimum absolute atomic E-state index is 0.804. The molecule has 0 bridgehead atoms. The van der Waals surface area contributed by atoms with Crippen LogP contribution in [0.3, 0.4) is 0 Å². The van der Waals surface area contributed by atoms with E-state index in [1.807, 2.05) is 12.1 Å². The maximum absolute atomic E-state index is 5.96. The Morgan fingerprint density at radius 3 is 2.45 bits per heavy atom. The van der Waals surface area contributed by atoms with Gasteiger partial charge in [0.2, 0.25) is 0 Å². The summed E-state index contributed by atoms with van der Waals surface area (Å²) in [6, 6.07) is 16.7. The van der Waals surface area contributed by atoms with Crippen molar-refractivity contribution in [3.8, 4) is 0 Å². The van der Waals surface area contributed by atoms with E-state index in [1.54, 1.807) is 0 Å². The Kier molecular flexibility index (Phi) is 5.62. The molecule has 0 heterocycles. The highest BCUT2D eigenvalue weighted by molar-refractivity contribution is 9.10. The summed E-state index contributed by atoms with van der Waals surface area (Å²) in [4.78, 5) is 2.45. The zero-order valence-electron chi connectivity index (χ0n) is 11.8. The van der Waals surface area contributed by atoms with Crippen molar-refractivity contribution in [2.45, 2.75) is 26.4 Å². The number of anilines is 1. The summed E-state index contributed by atoms with van der Waals surface area (Å²) in [7, 11) is 0. The van der Waals surface area contributed by atoms with Crippen molar-refractivity contribution >= 4 is 21.6 Å². The van der Waals surface area contributed by atoms with Gasteiger partial charge in [-0.05, 0) is 46.1 Å². The smallest absolute Gasteiger partial charge is 0.0461 e. The molecule has 20 heavy (non-hydrogen) atoms. The van der Waals surface area contributed by atoms with Crippen molar-refractivity contribution in [1.29, 1.82) is 0 Å². The van der Waals surface area contributed by atoms with Gasteiger partial charge in [-0.15, -0.1) is 0 Å². The van der Waals surface area contributed by atoms with Gasteiger partial charge >= 0.3 is 0 Å². The van der Waals surface area contributed by atoms with E-state index >= 15 is 0 Å². The molecule has 0 atom stereocenters. The third kappa shape index (κ3) is 4.09. The Morgan fingerprint density at radius 2 is 1.75 bits per heavy atom. The van der Waals surface area contributed by atoms with Gasteiger partial charge in [0, 0.05) is 23.2 Å². The van der Waals surface area contributed by atoms with Crippen molar-refractivity contribution in [2.24, 2.45) is 0 Å². The second kappa shape index (κ2) is 7.46. The van der Waals surface area contributed by atoms with Crippen LogP contribution in [0.25, 0.3) is 0 Å². The Balaban J connectivity index is 2.11. The molecule has 2 rings (SSSR count). The van der Waals surface area contributed by atoms with Crippen LogP contribution >= 0.6 is 15.9 Å².